The first-order chi connectivity index (χ1) is 11.6. The number of benzene rings is 1. The Labute approximate surface area is 148 Å². The molecule has 2 N–H and O–H groups in total. The van der Waals surface area contributed by atoms with Crippen LogP contribution < -0.4 is 10.9 Å². The molecule has 0 aliphatic heterocycles. The number of aromatic nitrogens is 2. The summed E-state index contributed by atoms with van der Waals surface area (Å²) in [5, 5.41) is 4.94. The van der Waals surface area contributed by atoms with Gasteiger partial charge in [-0.3, -0.25) is 4.79 Å². The van der Waals surface area contributed by atoms with Gasteiger partial charge in [0.2, 0.25) is 0 Å². The van der Waals surface area contributed by atoms with E-state index in [9.17, 15) is 4.79 Å². The minimum Gasteiger partial charge on any atom is -0.309 e. The number of halogens is 1. The molecule has 0 radical (unpaired) electrons. The highest BCUT2D eigenvalue weighted by Crippen LogP contribution is 2.34. The van der Waals surface area contributed by atoms with Crippen molar-refractivity contribution in [3.8, 4) is 0 Å². The van der Waals surface area contributed by atoms with E-state index in [0.29, 0.717) is 12.4 Å². The van der Waals surface area contributed by atoms with Crippen LogP contribution in [0.15, 0.2) is 29.1 Å². The Kier molecular flexibility index (Phi) is 4.16. The van der Waals surface area contributed by atoms with Crippen molar-refractivity contribution in [2.24, 2.45) is 0 Å². The molecule has 0 amide bonds. The number of hydrogen-bond donors (Lipinski definition) is 2. The lowest BCUT2D eigenvalue weighted by Gasteiger charge is -2.14. The van der Waals surface area contributed by atoms with Crippen molar-refractivity contribution in [1.82, 2.24) is 15.3 Å². The van der Waals surface area contributed by atoms with Gasteiger partial charge in [-0.1, -0.05) is 23.7 Å². The number of thiophene rings is 1. The Bertz CT molecular complexity index is 945. The zero-order valence-electron chi connectivity index (χ0n) is 13.4. The van der Waals surface area contributed by atoms with Gasteiger partial charge in [-0.05, 0) is 49.4 Å². The highest BCUT2D eigenvalue weighted by molar-refractivity contribution is 7.18. The Morgan fingerprint density at radius 1 is 1.33 bits per heavy atom. The topological polar surface area (TPSA) is 57.8 Å². The van der Waals surface area contributed by atoms with Crippen molar-refractivity contribution in [2.45, 2.75) is 38.8 Å². The van der Waals surface area contributed by atoms with Crippen LogP contribution in [0.4, 0.5) is 0 Å². The lowest BCUT2D eigenvalue weighted by molar-refractivity contribution is 0.559. The van der Waals surface area contributed by atoms with Gasteiger partial charge in [-0.15, -0.1) is 11.3 Å². The number of hydrogen-bond acceptors (Lipinski definition) is 4. The van der Waals surface area contributed by atoms with Crippen molar-refractivity contribution < 1.29 is 0 Å². The number of nitrogens with one attached hydrogen (secondary N) is 2. The first-order valence-electron chi connectivity index (χ1n) is 8.14. The zero-order chi connectivity index (χ0) is 16.7. The smallest absolute Gasteiger partial charge is 0.259 e. The van der Waals surface area contributed by atoms with E-state index in [-0.39, 0.29) is 11.6 Å². The standard InChI is InChI=1S/C18H18ClN3OS/c1-10(11-5-7-12(19)8-6-11)20-9-15-21-17(23)16-13-3-2-4-14(13)24-18(16)22-15/h5-8,10,20H,2-4,9H2,1H3,(H,21,22,23)/t10-/m0/s1. The third kappa shape index (κ3) is 2.88. The second kappa shape index (κ2) is 6.31. The molecule has 0 spiro atoms. The van der Waals surface area contributed by atoms with Crippen LogP contribution in [0.5, 0.6) is 0 Å². The van der Waals surface area contributed by atoms with Crippen molar-refractivity contribution in [3.63, 3.8) is 0 Å². The monoisotopic (exact) mass is 359 g/mol. The average Bonchev–Trinajstić information content (AvgIpc) is 3.13. The number of fused-ring (bicyclic) bond motifs is 3. The molecule has 0 bridgehead atoms. The van der Waals surface area contributed by atoms with E-state index in [1.165, 1.54) is 10.4 Å². The van der Waals surface area contributed by atoms with Crippen LogP contribution in [-0.4, -0.2) is 9.97 Å². The van der Waals surface area contributed by atoms with Gasteiger partial charge in [0, 0.05) is 15.9 Å². The summed E-state index contributed by atoms with van der Waals surface area (Å²) in [6.45, 7) is 2.61. The first-order valence-corrected chi connectivity index (χ1v) is 9.33. The molecule has 1 aliphatic carbocycles. The van der Waals surface area contributed by atoms with Crippen LogP contribution in [0.25, 0.3) is 10.2 Å². The van der Waals surface area contributed by atoms with Crippen molar-refractivity contribution in [3.05, 3.63) is 61.5 Å². The Balaban J connectivity index is 1.54. The zero-order valence-corrected chi connectivity index (χ0v) is 14.9. The highest BCUT2D eigenvalue weighted by Gasteiger charge is 2.21. The van der Waals surface area contributed by atoms with Crippen molar-refractivity contribution in [1.29, 1.82) is 0 Å². The van der Waals surface area contributed by atoms with E-state index in [4.69, 9.17) is 11.6 Å². The molecule has 124 valence electrons. The Morgan fingerprint density at radius 3 is 2.92 bits per heavy atom. The van der Waals surface area contributed by atoms with E-state index in [1.807, 2.05) is 24.3 Å². The normalized spacial score (nSPS) is 14.9. The van der Waals surface area contributed by atoms with E-state index in [1.54, 1.807) is 11.3 Å². The summed E-state index contributed by atoms with van der Waals surface area (Å²) < 4.78 is 0. The van der Waals surface area contributed by atoms with Crippen LogP contribution in [0.3, 0.4) is 0 Å². The van der Waals surface area contributed by atoms with Crippen molar-refractivity contribution in [2.75, 3.05) is 0 Å². The average molecular weight is 360 g/mol. The second-order valence-electron chi connectivity index (χ2n) is 6.20. The Morgan fingerprint density at radius 2 is 2.12 bits per heavy atom. The molecule has 0 saturated heterocycles. The summed E-state index contributed by atoms with van der Waals surface area (Å²) >= 11 is 7.60. The van der Waals surface area contributed by atoms with Gasteiger partial charge in [-0.2, -0.15) is 0 Å². The second-order valence-corrected chi connectivity index (χ2v) is 7.72. The maximum Gasteiger partial charge on any atom is 0.259 e. The lowest BCUT2D eigenvalue weighted by Crippen LogP contribution is -2.22. The van der Waals surface area contributed by atoms with Gasteiger partial charge < -0.3 is 10.3 Å². The van der Waals surface area contributed by atoms with Crippen LogP contribution in [-0.2, 0) is 19.4 Å². The van der Waals surface area contributed by atoms with Crippen LogP contribution in [0, 0.1) is 0 Å². The molecule has 4 nitrogen and oxygen atoms in total. The molecule has 1 atom stereocenters. The molecular formula is C18H18ClN3OS. The fourth-order valence-corrected chi connectivity index (χ4v) is 4.66. The van der Waals surface area contributed by atoms with E-state index < -0.39 is 0 Å². The largest absolute Gasteiger partial charge is 0.309 e. The van der Waals surface area contributed by atoms with Crippen LogP contribution in [0.1, 0.15) is 41.2 Å². The number of aryl methyl sites for hydroxylation is 2. The molecule has 4 rings (SSSR count). The summed E-state index contributed by atoms with van der Waals surface area (Å²) in [6, 6.07) is 7.92. The van der Waals surface area contributed by atoms with Crippen molar-refractivity contribution >= 4 is 33.2 Å². The van der Waals surface area contributed by atoms with Gasteiger partial charge >= 0.3 is 0 Å². The quantitative estimate of drug-likeness (QED) is 0.740. The van der Waals surface area contributed by atoms with Gasteiger partial charge in [0.1, 0.15) is 10.7 Å². The van der Waals surface area contributed by atoms with Crippen LogP contribution >= 0.6 is 22.9 Å². The first kappa shape index (κ1) is 15.8. The highest BCUT2D eigenvalue weighted by atomic mass is 35.5. The lowest BCUT2D eigenvalue weighted by atomic mass is 10.1. The summed E-state index contributed by atoms with van der Waals surface area (Å²) in [5.41, 5.74) is 2.37. The van der Waals surface area contributed by atoms with Gasteiger partial charge in [0.25, 0.3) is 5.56 Å². The molecule has 6 heteroatoms. The molecule has 24 heavy (non-hydrogen) atoms. The molecule has 3 aromatic rings. The molecule has 2 aromatic heterocycles. The van der Waals surface area contributed by atoms with Gasteiger partial charge in [-0.25, -0.2) is 4.98 Å². The minimum atomic E-state index is -0.00431. The fraction of sp³-hybridized carbons (Fsp3) is 0.333. The summed E-state index contributed by atoms with van der Waals surface area (Å²) in [5.74, 6) is 0.688. The maximum atomic E-state index is 12.4. The molecule has 0 fully saturated rings. The third-order valence-corrected chi connectivity index (χ3v) is 6.01. The number of nitrogens with zero attached hydrogens (tertiary/aromatic N) is 1. The molecule has 1 aliphatic rings. The maximum absolute atomic E-state index is 12.4. The predicted molar refractivity (Wildman–Crippen MR) is 99.0 cm³/mol. The van der Waals surface area contributed by atoms with Gasteiger partial charge in [0.15, 0.2) is 0 Å². The number of H-pyrrole nitrogens is 1. The molecule has 2 heterocycles. The number of rotatable bonds is 4. The summed E-state index contributed by atoms with van der Waals surface area (Å²) in [6.07, 6.45) is 3.24. The van der Waals surface area contributed by atoms with E-state index >= 15 is 0 Å². The minimum absolute atomic E-state index is 0.00431. The van der Waals surface area contributed by atoms with Gasteiger partial charge in [0.05, 0.1) is 11.9 Å². The molecule has 0 unspecified atom stereocenters. The number of aromatic amines is 1. The SMILES string of the molecule is C[C@H](NCc1nc2sc3c(c2c(=O)[nH]1)CCC3)c1ccc(Cl)cc1. The van der Waals surface area contributed by atoms with E-state index in [2.05, 4.69) is 22.2 Å². The van der Waals surface area contributed by atoms with E-state index in [0.717, 1.165) is 40.1 Å². The summed E-state index contributed by atoms with van der Waals surface area (Å²) in [7, 11) is 0. The van der Waals surface area contributed by atoms with Crippen LogP contribution in [0.2, 0.25) is 5.02 Å². The summed E-state index contributed by atoms with van der Waals surface area (Å²) in [4.78, 5) is 22.2. The predicted octanol–water partition coefficient (Wildman–Crippen LogP) is 3.98. The molecular weight excluding hydrogens is 342 g/mol. The third-order valence-electron chi connectivity index (χ3n) is 4.57. The fourth-order valence-electron chi connectivity index (χ4n) is 3.25. The molecule has 0 saturated carbocycles. The molecule has 1 aromatic carbocycles. The Hall–Kier alpha value is -1.69.